The van der Waals surface area contributed by atoms with Gasteiger partial charge in [-0.2, -0.15) is 0 Å². The summed E-state index contributed by atoms with van der Waals surface area (Å²) >= 11 is 0. The SMILES string of the molecule is CC(C)(O)c1cnc(N2CC[C@H](N3CCCC(Nc4cc(F)c(S(C)(=O)=O)cc4F)C3=O)CC2=O)nc1. The predicted octanol–water partition coefficient (Wildman–Crippen LogP) is 1.98. The molecule has 37 heavy (non-hydrogen) atoms. The van der Waals surface area contributed by atoms with Gasteiger partial charge in [-0.3, -0.25) is 14.5 Å². The third-order valence-electron chi connectivity index (χ3n) is 6.65. The maximum Gasteiger partial charge on any atom is 0.245 e. The average molecular weight is 538 g/mol. The fourth-order valence-corrected chi connectivity index (χ4v) is 5.31. The number of likely N-dealkylation sites (tertiary alicyclic amines) is 1. The molecule has 0 bridgehead atoms. The van der Waals surface area contributed by atoms with E-state index in [4.69, 9.17) is 0 Å². The van der Waals surface area contributed by atoms with E-state index in [-0.39, 0.29) is 35.9 Å². The standard InChI is InChI=1S/C24H29F2N5O5S/c1-24(2,34)14-12-27-23(28-13-14)31-8-6-15(9-21(31)32)30-7-4-5-18(22(30)33)29-19-10-17(26)20(11-16(19)25)37(3,35)36/h10-13,15,18,29,34H,4-9H2,1-3H3/t15-,18?/m0/s1. The van der Waals surface area contributed by atoms with E-state index in [2.05, 4.69) is 15.3 Å². The number of aromatic nitrogens is 2. The number of benzene rings is 1. The molecule has 0 saturated carbocycles. The lowest BCUT2D eigenvalue weighted by molar-refractivity contribution is -0.138. The van der Waals surface area contributed by atoms with Crippen molar-refractivity contribution in [2.24, 2.45) is 0 Å². The first-order valence-corrected chi connectivity index (χ1v) is 13.8. The molecule has 4 rings (SSSR count). The monoisotopic (exact) mass is 537 g/mol. The van der Waals surface area contributed by atoms with Crippen LogP contribution in [0.15, 0.2) is 29.4 Å². The van der Waals surface area contributed by atoms with Gasteiger partial charge in [-0.05, 0) is 39.2 Å². The minimum absolute atomic E-state index is 0.0567. The van der Waals surface area contributed by atoms with Crippen molar-refractivity contribution in [3.63, 3.8) is 0 Å². The molecule has 2 atom stereocenters. The summed E-state index contributed by atoms with van der Waals surface area (Å²) in [6.07, 6.45) is 5.22. The highest BCUT2D eigenvalue weighted by Crippen LogP contribution is 2.29. The maximum atomic E-state index is 14.5. The van der Waals surface area contributed by atoms with Crippen molar-refractivity contribution in [3.05, 3.63) is 41.7 Å². The van der Waals surface area contributed by atoms with Crippen LogP contribution in [0.25, 0.3) is 0 Å². The number of hydrogen-bond acceptors (Lipinski definition) is 8. The van der Waals surface area contributed by atoms with E-state index in [0.717, 1.165) is 12.3 Å². The van der Waals surface area contributed by atoms with E-state index in [1.54, 1.807) is 18.7 Å². The van der Waals surface area contributed by atoms with Gasteiger partial charge in [0.05, 0.1) is 11.3 Å². The number of hydrogen-bond donors (Lipinski definition) is 2. The summed E-state index contributed by atoms with van der Waals surface area (Å²) in [5, 5.41) is 12.8. The smallest absolute Gasteiger partial charge is 0.245 e. The van der Waals surface area contributed by atoms with Crippen molar-refractivity contribution < 1.29 is 31.9 Å². The molecule has 2 aliphatic rings. The topological polar surface area (TPSA) is 133 Å². The summed E-state index contributed by atoms with van der Waals surface area (Å²) in [6.45, 7) is 3.93. The molecule has 0 aliphatic carbocycles. The largest absolute Gasteiger partial charge is 0.386 e. The van der Waals surface area contributed by atoms with Crippen LogP contribution in [-0.2, 0) is 25.0 Å². The van der Waals surface area contributed by atoms with E-state index >= 15 is 0 Å². The van der Waals surface area contributed by atoms with E-state index in [0.29, 0.717) is 44.0 Å². The lowest BCUT2D eigenvalue weighted by Gasteiger charge is -2.41. The third-order valence-corrected chi connectivity index (χ3v) is 7.76. The molecule has 1 aromatic heterocycles. The Labute approximate surface area is 213 Å². The van der Waals surface area contributed by atoms with Gasteiger partial charge in [0.25, 0.3) is 0 Å². The molecule has 2 aromatic rings. The number of nitrogens with zero attached hydrogens (tertiary/aromatic N) is 4. The minimum atomic E-state index is -3.95. The molecule has 2 aliphatic heterocycles. The second kappa shape index (κ2) is 9.93. The molecule has 13 heteroatoms. The summed E-state index contributed by atoms with van der Waals surface area (Å²) in [5.41, 5.74) is -0.903. The summed E-state index contributed by atoms with van der Waals surface area (Å²) < 4.78 is 52.1. The maximum absolute atomic E-state index is 14.5. The van der Waals surface area contributed by atoms with Crippen LogP contribution in [0.5, 0.6) is 0 Å². The van der Waals surface area contributed by atoms with Crippen LogP contribution >= 0.6 is 0 Å². The summed E-state index contributed by atoms with van der Waals surface area (Å²) in [4.78, 5) is 36.8. The molecule has 10 nitrogen and oxygen atoms in total. The van der Waals surface area contributed by atoms with Crippen LogP contribution in [-0.4, -0.2) is 71.6 Å². The molecule has 0 radical (unpaired) electrons. The predicted molar refractivity (Wildman–Crippen MR) is 130 cm³/mol. The molecule has 2 N–H and O–H groups in total. The van der Waals surface area contributed by atoms with Crippen molar-refractivity contribution in [1.29, 1.82) is 0 Å². The Balaban J connectivity index is 1.43. The van der Waals surface area contributed by atoms with Gasteiger partial charge in [-0.25, -0.2) is 27.2 Å². The number of carbonyl (C=O) groups excluding carboxylic acids is 2. The van der Waals surface area contributed by atoms with Gasteiger partial charge in [0.2, 0.25) is 17.8 Å². The van der Waals surface area contributed by atoms with Crippen molar-refractivity contribution in [3.8, 4) is 0 Å². The third kappa shape index (κ3) is 5.72. The quantitative estimate of drug-likeness (QED) is 0.572. The number of anilines is 2. The minimum Gasteiger partial charge on any atom is -0.386 e. The summed E-state index contributed by atoms with van der Waals surface area (Å²) in [7, 11) is -3.95. The average Bonchev–Trinajstić information content (AvgIpc) is 2.81. The molecule has 2 fully saturated rings. The van der Waals surface area contributed by atoms with Crippen molar-refractivity contribution in [2.75, 3.05) is 29.6 Å². The Hall–Kier alpha value is -3.19. The summed E-state index contributed by atoms with van der Waals surface area (Å²) in [5.74, 6) is -2.46. The first kappa shape index (κ1) is 26.9. The zero-order chi connectivity index (χ0) is 27.1. The van der Waals surface area contributed by atoms with E-state index in [1.807, 2.05) is 0 Å². The molecule has 2 amide bonds. The normalized spacial score (nSPS) is 21.4. The number of aliphatic hydroxyl groups is 1. The van der Waals surface area contributed by atoms with E-state index in [9.17, 15) is 31.9 Å². The van der Waals surface area contributed by atoms with Gasteiger partial charge in [0.15, 0.2) is 9.84 Å². The van der Waals surface area contributed by atoms with Crippen LogP contribution in [0.2, 0.25) is 0 Å². The highest BCUT2D eigenvalue weighted by Gasteiger charge is 2.38. The molecule has 3 heterocycles. The molecule has 2 saturated heterocycles. The molecular weight excluding hydrogens is 508 g/mol. The Morgan fingerprint density at radius 1 is 1.08 bits per heavy atom. The fourth-order valence-electron chi connectivity index (χ4n) is 4.58. The highest BCUT2D eigenvalue weighted by atomic mass is 32.2. The van der Waals surface area contributed by atoms with Gasteiger partial charge in [-0.15, -0.1) is 0 Å². The first-order valence-electron chi connectivity index (χ1n) is 11.9. The molecule has 1 aromatic carbocycles. The van der Waals surface area contributed by atoms with Crippen molar-refractivity contribution in [2.45, 2.75) is 62.1 Å². The zero-order valence-corrected chi connectivity index (χ0v) is 21.6. The summed E-state index contributed by atoms with van der Waals surface area (Å²) in [6, 6.07) is 0.120. The van der Waals surface area contributed by atoms with E-state index in [1.165, 1.54) is 17.3 Å². The van der Waals surface area contributed by atoms with Crippen LogP contribution in [0.1, 0.15) is 45.1 Å². The van der Waals surface area contributed by atoms with Crippen molar-refractivity contribution >= 4 is 33.3 Å². The lowest BCUT2D eigenvalue weighted by Crippen LogP contribution is -2.56. The van der Waals surface area contributed by atoms with E-state index < -0.39 is 38.0 Å². The fraction of sp³-hybridized carbons (Fsp3) is 0.500. The van der Waals surface area contributed by atoms with Crippen molar-refractivity contribution in [1.82, 2.24) is 14.9 Å². The second-order valence-electron chi connectivity index (χ2n) is 9.93. The van der Waals surface area contributed by atoms with Crippen LogP contribution in [0.4, 0.5) is 20.4 Å². The number of carbonyl (C=O) groups is 2. The lowest BCUT2D eigenvalue weighted by atomic mass is 9.96. The van der Waals surface area contributed by atoms with Crippen LogP contribution in [0, 0.1) is 11.6 Å². The molecule has 0 spiro atoms. The van der Waals surface area contributed by atoms with Gasteiger partial charge in [0.1, 0.15) is 22.6 Å². The Bertz CT molecular complexity index is 1310. The zero-order valence-electron chi connectivity index (χ0n) is 20.7. The van der Waals surface area contributed by atoms with Crippen LogP contribution < -0.4 is 10.2 Å². The number of amides is 2. The van der Waals surface area contributed by atoms with Crippen LogP contribution in [0.3, 0.4) is 0 Å². The Morgan fingerprint density at radius 3 is 2.35 bits per heavy atom. The van der Waals surface area contributed by atoms with Gasteiger partial charge in [-0.1, -0.05) is 0 Å². The van der Waals surface area contributed by atoms with Gasteiger partial charge < -0.3 is 15.3 Å². The highest BCUT2D eigenvalue weighted by molar-refractivity contribution is 7.90. The number of nitrogens with one attached hydrogen (secondary N) is 1. The molecule has 1 unspecified atom stereocenters. The van der Waals surface area contributed by atoms with Gasteiger partial charge in [0, 0.05) is 55.8 Å². The number of rotatable bonds is 6. The second-order valence-corrected chi connectivity index (χ2v) is 11.9. The number of piperidine rings is 2. The Morgan fingerprint density at radius 2 is 1.76 bits per heavy atom. The molecule has 200 valence electrons. The van der Waals surface area contributed by atoms with Gasteiger partial charge >= 0.3 is 0 Å². The number of halogens is 2. The molecular formula is C24H29F2N5O5S. The Kier molecular flexibility index (Phi) is 7.21. The first-order chi connectivity index (χ1) is 17.3. The number of sulfone groups is 1.